The quantitative estimate of drug-likeness (QED) is 0.784. The highest BCUT2D eigenvalue weighted by molar-refractivity contribution is 5.75. The Bertz CT molecular complexity index is 650. The Balaban J connectivity index is 2.05. The highest BCUT2D eigenvalue weighted by Gasteiger charge is 2.32. The van der Waals surface area contributed by atoms with Crippen molar-refractivity contribution >= 4 is 6.29 Å². The molecule has 3 nitrogen and oxygen atoms in total. The summed E-state index contributed by atoms with van der Waals surface area (Å²) in [6.07, 6.45) is 4.02. The smallest absolute Gasteiger partial charge is 0.170 e. The molecule has 1 atom stereocenters. The van der Waals surface area contributed by atoms with Crippen molar-refractivity contribution < 1.29 is 4.79 Å². The van der Waals surface area contributed by atoms with Gasteiger partial charge in [-0.2, -0.15) is 5.10 Å². The number of nitrogens with zero attached hydrogens (tertiary/aromatic N) is 2. The van der Waals surface area contributed by atoms with Crippen LogP contribution < -0.4 is 0 Å². The van der Waals surface area contributed by atoms with Crippen LogP contribution in [0.5, 0.6) is 0 Å². The number of rotatable bonds is 2. The number of aromatic nitrogens is 2. The molecule has 0 saturated carbocycles. The summed E-state index contributed by atoms with van der Waals surface area (Å²) in [4.78, 5) is 11.4. The third-order valence-corrected chi connectivity index (χ3v) is 4.64. The lowest BCUT2D eigenvalue weighted by Gasteiger charge is -2.34. The molecule has 1 aromatic carbocycles. The van der Waals surface area contributed by atoms with Gasteiger partial charge in [0.1, 0.15) is 5.69 Å². The van der Waals surface area contributed by atoms with Gasteiger partial charge in [-0.05, 0) is 42.7 Å². The molecule has 21 heavy (non-hydrogen) atoms. The molecule has 0 amide bonds. The van der Waals surface area contributed by atoms with Gasteiger partial charge < -0.3 is 0 Å². The third-order valence-electron chi connectivity index (χ3n) is 4.64. The minimum Gasteiger partial charge on any atom is -0.296 e. The molecule has 0 radical (unpaired) electrons. The van der Waals surface area contributed by atoms with E-state index < -0.39 is 0 Å². The van der Waals surface area contributed by atoms with Gasteiger partial charge in [0, 0.05) is 11.3 Å². The van der Waals surface area contributed by atoms with Gasteiger partial charge in [-0.1, -0.05) is 39.0 Å². The van der Waals surface area contributed by atoms with E-state index in [0.29, 0.717) is 11.6 Å². The van der Waals surface area contributed by atoms with Gasteiger partial charge in [-0.25, -0.2) is 4.68 Å². The van der Waals surface area contributed by atoms with Crippen LogP contribution in [0.25, 0.3) is 5.69 Å². The van der Waals surface area contributed by atoms with Crippen LogP contribution in [0.1, 0.15) is 48.9 Å². The monoisotopic (exact) mass is 282 g/mol. The predicted molar refractivity (Wildman–Crippen MR) is 83.9 cm³/mol. The number of benzene rings is 1. The molecule has 0 aliphatic heterocycles. The molecule has 2 aromatic rings. The molecular formula is C18H22N2O. The third kappa shape index (κ3) is 2.53. The van der Waals surface area contributed by atoms with Gasteiger partial charge in [-0.3, -0.25) is 4.79 Å². The molecule has 1 aliphatic rings. The zero-order valence-electron chi connectivity index (χ0n) is 13.0. The molecule has 0 N–H and O–H groups in total. The largest absolute Gasteiger partial charge is 0.296 e. The maximum absolute atomic E-state index is 11.4. The molecule has 0 bridgehead atoms. The van der Waals surface area contributed by atoms with Crippen molar-refractivity contribution in [1.29, 1.82) is 0 Å². The summed E-state index contributed by atoms with van der Waals surface area (Å²) in [6, 6.07) is 10.1. The van der Waals surface area contributed by atoms with Crippen LogP contribution in [0.2, 0.25) is 0 Å². The van der Waals surface area contributed by atoms with E-state index in [0.717, 1.165) is 36.8 Å². The molecule has 110 valence electrons. The predicted octanol–water partition coefficient (Wildman–Crippen LogP) is 3.84. The summed E-state index contributed by atoms with van der Waals surface area (Å²) in [7, 11) is 0. The number of para-hydroxylation sites is 1. The topological polar surface area (TPSA) is 34.9 Å². The Morgan fingerprint density at radius 3 is 2.57 bits per heavy atom. The van der Waals surface area contributed by atoms with E-state index in [1.165, 1.54) is 5.69 Å². The summed E-state index contributed by atoms with van der Waals surface area (Å²) in [5.41, 5.74) is 4.29. The molecule has 1 unspecified atom stereocenters. The fourth-order valence-corrected chi connectivity index (χ4v) is 3.26. The van der Waals surface area contributed by atoms with Crippen molar-refractivity contribution in [1.82, 2.24) is 9.78 Å². The Hall–Kier alpha value is -1.90. The second-order valence-electron chi connectivity index (χ2n) is 6.98. The number of carbonyl (C=O) groups excluding carboxylic acids is 1. The summed E-state index contributed by atoms with van der Waals surface area (Å²) in [6.45, 7) is 6.85. The van der Waals surface area contributed by atoms with Crippen LogP contribution in [0, 0.1) is 11.3 Å². The number of hydrogen-bond donors (Lipinski definition) is 0. The van der Waals surface area contributed by atoms with Gasteiger partial charge in [0.2, 0.25) is 0 Å². The lowest BCUT2D eigenvalue weighted by atomic mass is 9.71. The van der Waals surface area contributed by atoms with Crippen LogP contribution >= 0.6 is 0 Å². The van der Waals surface area contributed by atoms with E-state index in [-0.39, 0.29) is 5.41 Å². The number of hydrogen-bond acceptors (Lipinski definition) is 2. The van der Waals surface area contributed by atoms with Gasteiger partial charge in [-0.15, -0.1) is 0 Å². The van der Waals surface area contributed by atoms with Crippen LogP contribution in [0.4, 0.5) is 0 Å². The Labute approximate surface area is 126 Å². The lowest BCUT2D eigenvalue weighted by molar-refractivity contribution is 0.111. The maximum Gasteiger partial charge on any atom is 0.170 e. The van der Waals surface area contributed by atoms with Gasteiger partial charge >= 0.3 is 0 Å². The summed E-state index contributed by atoms with van der Waals surface area (Å²) in [5, 5.41) is 4.55. The van der Waals surface area contributed by atoms with E-state index >= 15 is 0 Å². The first-order valence-electron chi connectivity index (χ1n) is 7.62. The van der Waals surface area contributed by atoms with Crippen LogP contribution in [0.15, 0.2) is 30.3 Å². The standard InChI is InChI=1S/C18H22N2O/c1-18(2,3)13-9-10-17-15(11-13)16(12-21)19-20(17)14-7-5-4-6-8-14/h4-8,12-13H,9-11H2,1-3H3. The fourth-order valence-electron chi connectivity index (χ4n) is 3.26. The zero-order chi connectivity index (χ0) is 15.0. The van der Waals surface area contributed by atoms with E-state index in [9.17, 15) is 4.79 Å². The summed E-state index contributed by atoms with van der Waals surface area (Å²) >= 11 is 0. The highest BCUT2D eigenvalue weighted by Crippen LogP contribution is 2.38. The molecule has 0 saturated heterocycles. The van der Waals surface area contributed by atoms with Crippen molar-refractivity contribution in [2.45, 2.75) is 40.0 Å². The normalized spacial score (nSPS) is 18.3. The van der Waals surface area contributed by atoms with E-state index in [1.807, 2.05) is 35.0 Å². The Morgan fingerprint density at radius 1 is 1.24 bits per heavy atom. The van der Waals surface area contributed by atoms with Crippen LogP contribution in [0.3, 0.4) is 0 Å². The zero-order valence-corrected chi connectivity index (χ0v) is 13.0. The van der Waals surface area contributed by atoms with E-state index in [2.05, 4.69) is 25.9 Å². The first kappa shape index (κ1) is 14.1. The average molecular weight is 282 g/mol. The van der Waals surface area contributed by atoms with Crippen molar-refractivity contribution in [2.24, 2.45) is 11.3 Å². The molecule has 0 fully saturated rings. The number of carbonyl (C=O) groups is 1. The minimum atomic E-state index is 0.271. The maximum atomic E-state index is 11.4. The van der Waals surface area contributed by atoms with Crippen molar-refractivity contribution in [3.63, 3.8) is 0 Å². The lowest BCUT2D eigenvalue weighted by Crippen LogP contribution is -2.27. The van der Waals surface area contributed by atoms with Gasteiger partial charge in [0.05, 0.1) is 5.69 Å². The van der Waals surface area contributed by atoms with Crippen molar-refractivity contribution in [3.05, 3.63) is 47.3 Å². The highest BCUT2D eigenvalue weighted by atomic mass is 16.1. The fraction of sp³-hybridized carbons (Fsp3) is 0.444. The molecule has 3 rings (SSSR count). The van der Waals surface area contributed by atoms with Crippen molar-refractivity contribution in [3.8, 4) is 5.69 Å². The Kier molecular flexibility index (Phi) is 3.44. The van der Waals surface area contributed by atoms with Crippen LogP contribution in [-0.4, -0.2) is 16.1 Å². The number of aldehydes is 1. The SMILES string of the molecule is CC(C)(C)C1CCc2c(c(C=O)nn2-c2ccccc2)C1. The first-order chi connectivity index (χ1) is 10.0. The van der Waals surface area contributed by atoms with Gasteiger partial charge in [0.15, 0.2) is 6.29 Å². The van der Waals surface area contributed by atoms with Gasteiger partial charge in [0.25, 0.3) is 0 Å². The first-order valence-corrected chi connectivity index (χ1v) is 7.62. The second kappa shape index (κ2) is 5.14. The minimum absolute atomic E-state index is 0.271. The summed E-state index contributed by atoms with van der Waals surface area (Å²) < 4.78 is 1.96. The average Bonchev–Trinajstić information content (AvgIpc) is 2.85. The van der Waals surface area contributed by atoms with E-state index in [4.69, 9.17) is 0 Å². The molecule has 3 heteroatoms. The molecule has 0 spiro atoms. The molecule has 1 aliphatic carbocycles. The van der Waals surface area contributed by atoms with Crippen molar-refractivity contribution in [2.75, 3.05) is 0 Å². The molecule has 1 heterocycles. The Morgan fingerprint density at radius 2 is 1.95 bits per heavy atom. The van der Waals surface area contributed by atoms with E-state index in [1.54, 1.807) is 0 Å². The number of fused-ring (bicyclic) bond motifs is 1. The second-order valence-corrected chi connectivity index (χ2v) is 6.98. The van der Waals surface area contributed by atoms with Crippen LogP contribution in [-0.2, 0) is 12.8 Å². The molecule has 1 aromatic heterocycles. The summed E-state index contributed by atoms with van der Waals surface area (Å²) in [5.74, 6) is 0.608. The molecular weight excluding hydrogens is 260 g/mol.